The highest BCUT2D eigenvalue weighted by atomic mass is 16.2. The van der Waals surface area contributed by atoms with Crippen LogP contribution in [0.4, 0.5) is 5.95 Å². The zero-order chi connectivity index (χ0) is 20.8. The molecule has 2 fully saturated rings. The molecule has 0 bridgehead atoms. The number of hydrogen-bond acceptors (Lipinski definition) is 5. The van der Waals surface area contributed by atoms with E-state index < -0.39 is 0 Å². The zero-order valence-electron chi connectivity index (χ0n) is 17.2. The van der Waals surface area contributed by atoms with Gasteiger partial charge in [0.05, 0.1) is 6.42 Å². The second-order valence-electron chi connectivity index (χ2n) is 8.14. The molecule has 2 heterocycles. The maximum atomic E-state index is 13.0. The molecule has 1 aliphatic carbocycles. The molecular formula is C23H29N5O2. The van der Waals surface area contributed by atoms with Crippen LogP contribution >= 0.6 is 0 Å². The van der Waals surface area contributed by atoms with Crippen LogP contribution in [0.25, 0.3) is 0 Å². The first-order valence-corrected chi connectivity index (χ1v) is 10.8. The van der Waals surface area contributed by atoms with E-state index >= 15 is 0 Å². The predicted octanol–water partition coefficient (Wildman–Crippen LogP) is 2.04. The summed E-state index contributed by atoms with van der Waals surface area (Å²) in [5.41, 5.74) is 1.03. The fourth-order valence-corrected chi connectivity index (χ4v) is 4.38. The molecule has 1 aliphatic heterocycles. The summed E-state index contributed by atoms with van der Waals surface area (Å²) in [6.45, 7) is 2.96. The summed E-state index contributed by atoms with van der Waals surface area (Å²) in [4.78, 5) is 38.0. The molecule has 158 valence electrons. The topological polar surface area (TPSA) is 78.4 Å². The van der Waals surface area contributed by atoms with Crippen LogP contribution in [0.2, 0.25) is 0 Å². The molecule has 0 radical (unpaired) electrons. The van der Waals surface area contributed by atoms with Crippen LogP contribution in [-0.2, 0) is 16.0 Å². The maximum Gasteiger partial charge on any atom is 0.225 e. The number of piperazine rings is 1. The molecule has 7 nitrogen and oxygen atoms in total. The van der Waals surface area contributed by atoms with Crippen molar-refractivity contribution < 1.29 is 9.59 Å². The standard InChI is InChI=1S/C23H29N5O2/c29-21(17-18-5-2-1-3-6-18)26-20-9-7-19(8-10-20)22(30)27-13-15-28(16-14-27)23-24-11-4-12-25-23/h1-6,11-12,19-20H,7-10,13-17H2,(H,26,29). The first-order chi connectivity index (χ1) is 14.7. The Hall–Kier alpha value is -2.96. The zero-order valence-corrected chi connectivity index (χ0v) is 17.2. The summed E-state index contributed by atoms with van der Waals surface area (Å²) in [5, 5.41) is 3.15. The third-order valence-corrected chi connectivity index (χ3v) is 6.08. The smallest absolute Gasteiger partial charge is 0.225 e. The lowest BCUT2D eigenvalue weighted by atomic mass is 9.85. The molecule has 2 aromatic rings. The molecule has 0 unspecified atom stereocenters. The summed E-state index contributed by atoms with van der Waals surface area (Å²) in [6.07, 6.45) is 7.33. The highest BCUT2D eigenvalue weighted by molar-refractivity contribution is 5.80. The van der Waals surface area contributed by atoms with Crippen LogP contribution in [0, 0.1) is 5.92 Å². The van der Waals surface area contributed by atoms with Gasteiger partial charge in [-0.15, -0.1) is 0 Å². The molecular weight excluding hydrogens is 378 g/mol. The summed E-state index contributed by atoms with van der Waals surface area (Å²) >= 11 is 0. The second kappa shape index (κ2) is 9.69. The minimum atomic E-state index is 0.0650. The van der Waals surface area contributed by atoms with Crippen molar-refractivity contribution in [1.82, 2.24) is 20.2 Å². The van der Waals surface area contributed by atoms with Gasteiger partial charge in [0.1, 0.15) is 0 Å². The molecule has 1 aromatic heterocycles. The Kier molecular flexibility index (Phi) is 6.57. The molecule has 4 rings (SSSR count). The monoisotopic (exact) mass is 407 g/mol. The van der Waals surface area contributed by atoms with Crippen molar-refractivity contribution in [2.45, 2.75) is 38.1 Å². The van der Waals surface area contributed by atoms with E-state index in [0.29, 0.717) is 19.5 Å². The van der Waals surface area contributed by atoms with Crippen LogP contribution < -0.4 is 10.2 Å². The fraction of sp³-hybridized carbons (Fsp3) is 0.478. The number of anilines is 1. The SMILES string of the molecule is O=C(Cc1ccccc1)NC1CCC(C(=O)N2CCN(c3ncccn3)CC2)CC1. The molecule has 2 aliphatic rings. The molecule has 1 saturated carbocycles. The Bertz CT molecular complexity index is 829. The Balaban J connectivity index is 1.20. The summed E-state index contributed by atoms with van der Waals surface area (Å²) < 4.78 is 0. The quantitative estimate of drug-likeness (QED) is 0.821. The van der Waals surface area contributed by atoms with Gasteiger partial charge in [-0.3, -0.25) is 9.59 Å². The van der Waals surface area contributed by atoms with Gasteiger partial charge in [-0.1, -0.05) is 30.3 Å². The first-order valence-electron chi connectivity index (χ1n) is 10.8. The average molecular weight is 408 g/mol. The average Bonchev–Trinajstić information content (AvgIpc) is 2.80. The van der Waals surface area contributed by atoms with Gasteiger partial charge in [-0.25, -0.2) is 9.97 Å². The van der Waals surface area contributed by atoms with E-state index in [9.17, 15) is 9.59 Å². The van der Waals surface area contributed by atoms with Gasteiger partial charge in [0.2, 0.25) is 17.8 Å². The minimum Gasteiger partial charge on any atom is -0.353 e. The van der Waals surface area contributed by atoms with Crippen molar-refractivity contribution in [1.29, 1.82) is 0 Å². The lowest BCUT2D eigenvalue weighted by Crippen LogP contribution is -2.51. The van der Waals surface area contributed by atoms with Crippen molar-refractivity contribution in [2.75, 3.05) is 31.1 Å². The largest absolute Gasteiger partial charge is 0.353 e. The normalized spacial score (nSPS) is 21.9. The molecule has 1 N–H and O–H groups in total. The van der Waals surface area contributed by atoms with Gasteiger partial charge < -0.3 is 15.1 Å². The van der Waals surface area contributed by atoms with Gasteiger partial charge in [-0.05, 0) is 37.3 Å². The lowest BCUT2D eigenvalue weighted by molar-refractivity contribution is -0.137. The first kappa shape index (κ1) is 20.3. The van der Waals surface area contributed by atoms with E-state index in [1.807, 2.05) is 41.3 Å². The number of aromatic nitrogens is 2. The number of amides is 2. The van der Waals surface area contributed by atoms with Crippen LogP contribution in [-0.4, -0.2) is 58.9 Å². The van der Waals surface area contributed by atoms with E-state index in [1.54, 1.807) is 12.4 Å². The Morgan fingerprint density at radius 3 is 2.23 bits per heavy atom. The van der Waals surface area contributed by atoms with Crippen LogP contribution in [0.1, 0.15) is 31.2 Å². The molecule has 0 spiro atoms. The summed E-state index contributed by atoms with van der Waals surface area (Å²) in [6, 6.07) is 11.8. The van der Waals surface area contributed by atoms with Gasteiger partial charge in [0.15, 0.2) is 0 Å². The predicted molar refractivity (Wildman–Crippen MR) is 115 cm³/mol. The number of nitrogens with one attached hydrogen (secondary N) is 1. The summed E-state index contributed by atoms with van der Waals surface area (Å²) in [5.74, 6) is 1.14. The molecule has 30 heavy (non-hydrogen) atoms. The molecule has 2 amide bonds. The highest BCUT2D eigenvalue weighted by Gasteiger charge is 2.31. The number of rotatable bonds is 5. The van der Waals surface area contributed by atoms with Gasteiger partial charge in [0.25, 0.3) is 0 Å². The maximum absolute atomic E-state index is 13.0. The Morgan fingerprint density at radius 1 is 0.900 bits per heavy atom. The van der Waals surface area contributed by atoms with E-state index in [0.717, 1.165) is 50.3 Å². The van der Waals surface area contributed by atoms with E-state index in [1.165, 1.54) is 0 Å². The summed E-state index contributed by atoms with van der Waals surface area (Å²) in [7, 11) is 0. The van der Waals surface area contributed by atoms with Crippen molar-refractivity contribution >= 4 is 17.8 Å². The third-order valence-electron chi connectivity index (χ3n) is 6.08. The molecule has 0 atom stereocenters. The van der Waals surface area contributed by atoms with Crippen LogP contribution in [0.15, 0.2) is 48.8 Å². The number of hydrogen-bond donors (Lipinski definition) is 1. The van der Waals surface area contributed by atoms with E-state index in [-0.39, 0.29) is 23.8 Å². The number of benzene rings is 1. The van der Waals surface area contributed by atoms with Crippen molar-refractivity contribution in [2.24, 2.45) is 5.92 Å². The van der Waals surface area contributed by atoms with Crippen molar-refractivity contribution in [3.05, 3.63) is 54.4 Å². The van der Waals surface area contributed by atoms with Crippen LogP contribution in [0.5, 0.6) is 0 Å². The Morgan fingerprint density at radius 2 is 1.57 bits per heavy atom. The number of carbonyl (C=O) groups is 2. The number of carbonyl (C=O) groups excluding carboxylic acids is 2. The van der Waals surface area contributed by atoms with Gasteiger partial charge >= 0.3 is 0 Å². The third kappa shape index (κ3) is 5.14. The highest BCUT2D eigenvalue weighted by Crippen LogP contribution is 2.27. The van der Waals surface area contributed by atoms with Crippen LogP contribution in [0.3, 0.4) is 0 Å². The van der Waals surface area contributed by atoms with Gasteiger partial charge in [-0.2, -0.15) is 0 Å². The fourth-order valence-electron chi connectivity index (χ4n) is 4.38. The van der Waals surface area contributed by atoms with Crippen molar-refractivity contribution in [3.63, 3.8) is 0 Å². The minimum absolute atomic E-state index is 0.0650. The molecule has 1 aromatic carbocycles. The molecule has 1 saturated heterocycles. The lowest BCUT2D eigenvalue weighted by Gasteiger charge is -2.38. The van der Waals surface area contributed by atoms with E-state index in [4.69, 9.17) is 0 Å². The number of nitrogens with zero attached hydrogens (tertiary/aromatic N) is 4. The molecule has 7 heteroatoms. The second-order valence-corrected chi connectivity index (χ2v) is 8.14. The van der Waals surface area contributed by atoms with E-state index in [2.05, 4.69) is 20.2 Å². The Labute approximate surface area is 177 Å². The van der Waals surface area contributed by atoms with Crippen molar-refractivity contribution in [3.8, 4) is 0 Å². The van der Waals surface area contributed by atoms with Gasteiger partial charge in [0, 0.05) is 50.5 Å².